The Kier molecular flexibility index (Phi) is 4.44. The van der Waals surface area contributed by atoms with Crippen LogP contribution in [0.5, 0.6) is 0 Å². The van der Waals surface area contributed by atoms with E-state index < -0.39 is 0 Å². The van der Waals surface area contributed by atoms with E-state index in [1.165, 1.54) is 16.9 Å². The van der Waals surface area contributed by atoms with Crippen LogP contribution >= 0.6 is 11.8 Å². The number of benzene rings is 1. The highest BCUT2D eigenvalue weighted by Crippen LogP contribution is 2.27. The molecule has 0 spiro atoms. The Bertz CT molecular complexity index is 396. The van der Waals surface area contributed by atoms with E-state index in [-0.39, 0.29) is 0 Å². The summed E-state index contributed by atoms with van der Waals surface area (Å²) in [6.07, 6.45) is 4.33. The zero-order chi connectivity index (χ0) is 12.2. The minimum absolute atomic E-state index is 0.365. The van der Waals surface area contributed by atoms with Gasteiger partial charge in [-0.05, 0) is 42.2 Å². The van der Waals surface area contributed by atoms with Crippen LogP contribution in [0, 0.1) is 16.7 Å². The molecule has 0 aliphatic heterocycles. The topological polar surface area (TPSA) is 23.8 Å². The number of hydrogen-bond donors (Lipinski definition) is 0. The molecule has 86 valence electrons. The van der Waals surface area contributed by atoms with Gasteiger partial charge in [0.05, 0.1) is 11.6 Å². The van der Waals surface area contributed by atoms with Gasteiger partial charge in [-0.15, -0.1) is 11.8 Å². The second-order valence-electron chi connectivity index (χ2n) is 5.20. The SMILES string of the molecule is CSc1cc(C#N)ccc1CCC(C)(C)C. The Morgan fingerprint density at radius 2 is 2.00 bits per heavy atom. The second kappa shape index (κ2) is 5.41. The summed E-state index contributed by atoms with van der Waals surface area (Å²) >= 11 is 1.72. The summed E-state index contributed by atoms with van der Waals surface area (Å²) in [7, 11) is 0. The molecule has 2 heteroatoms. The molecule has 0 saturated carbocycles. The quantitative estimate of drug-likeness (QED) is 0.728. The summed E-state index contributed by atoms with van der Waals surface area (Å²) in [5.74, 6) is 0. The van der Waals surface area contributed by atoms with Crippen molar-refractivity contribution < 1.29 is 0 Å². The van der Waals surface area contributed by atoms with Crippen LogP contribution in [0.25, 0.3) is 0 Å². The molecule has 0 saturated heterocycles. The monoisotopic (exact) mass is 233 g/mol. The van der Waals surface area contributed by atoms with E-state index in [0.29, 0.717) is 5.41 Å². The van der Waals surface area contributed by atoms with Gasteiger partial charge in [-0.25, -0.2) is 0 Å². The fourth-order valence-electron chi connectivity index (χ4n) is 1.53. The number of nitrogens with zero attached hydrogens (tertiary/aromatic N) is 1. The molecule has 0 aromatic heterocycles. The molecule has 1 nitrogen and oxygen atoms in total. The molecule has 1 rings (SSSR count). The van der Waals surface area contributed by atoms with Gasteiger partial charge in [-0.2, -0.15) is 5.26 Å². The summed E-state index contributed by atoms with van der Waals surface area (Å²) in [4.78, 5) is 1.24. The van der Waals surface area contributed by atoms with E-state index in [1.807, 2.05) is 12.1 Å². The zero-order valence-corrected chi connectivity index (χ0v) is 11.3. The predicted molar refractivity (Wildman–Crippen MR) is 70.7 cm³/mol. The van der Waals surface area contributed by atoms with Crippen LogP contribution < -0.4 is 0 Å². The average Bonchev–Trinajstić information content (AvgIpc) is 2.25. The molecule has 0 amide bonds. The first-order valence-electron chi connectivity index (χ1n) is 5.53. The van der Waals surface area contributed by atoms with Crippen LogP contribution in [0.1, 0.15) is 38.3 Å². The lowest BCUT2D eigenvalue weighted by Crippen LogP contribution is -2.06. The lowest BCUT2D eigenvalue weighted by molar-refractivity contribution is 0.377. The van der Waals surface area contributed by atoms with Crippen molar-refractivity contribution in [1.82, 2.24) is 0 Å². The van der Waals surface area contributed by atoms with Crippen molar-refractivity contribution >= 4 is 11.8 Å². The lowest BCUT2D eigenvalue weighted by atomic mass is 9.88. The highest BCUT2D eigenvalue weighted by Gasteiger charge is 2.11. The van der Waals surface area contributed by atoms with Gasteiger partial charge < -0.3 is 0 Å². The van der Waals surface area contributed by atoms with Crippen LogP contribution in [-0.2, 0) is 6.42 Å². The molecule has 0 radical (unpaired) electrons. The lowest BCUT2D eigenvalue weighted by Gasteiger charge is -2.18. The first-order valence-corrected chi connectivity index (χ1v) is 6.76. The van der Waals surface area contributed by atoms with Crippen LogP contribution in [0.3, 0.4) is 0 Å². The Hall–Kier alpha value is -0.940. The standard InChI is InChI=1S/C14H19NS/c1-14(2,3)8-7-12-6-5-11(10-15)9-13(12)16-4/h5-6,9H,7-8H2,1-4H3. The van der Waals surface area contributed by atoms with Crippen molar-refractivity contribution in [1.29, 1.82) is 5.26 Å². The van der Waals surface area contributed by atoms with Crippen molar-refractivity contribution in [2.45, 2.75) is 38.5 Å². The van der Waals surface area contributed by atoms with Crippen LogP contribution in [-0.4, -0.2) is 6.26 Å². The molecule has 0 aliphatic rings. The number of rotatable bonds is 3. The number of nitriles is 1. The minimum Gasteiger partial charge on any atom is -0.192 e. The molecular weight excluding hydrogens is 214 g/mol. The number of hydrogen-bond acceptors (Lipinski definition) is 2. The van der Waals surface area contributed by atoms with E-state index in [9.17, 15) is 0 Å². The van der Waals surface area contributed by atoms with E-state index in [4.69, 9.17) is 5.26 Å². The average molecular weight is 233 g/mol. The maximum absolute atomic E-state index is 8.85. The molecular formula is C14H19NS. The highest BCUT2D eigenvalue weighted by molar-refractivity contribution is 7.98. The van der Waals surface area contributed by atoms with Crippen molar-refractivity contribution in [2.24, 2.45) is 5.41 Å². The summed E-state index contributed by atoms with van der Waals surface area (Å²) in [5.41, 5.74) is 2.48. The molecule has 0 unspecified atom stereocenters. The predicted octanol–water partition coefficient (Wildman–Crippen LogP) is 4.26. The third-order valence-corrected chi connectivity index (χ3v) is 3.38. The number of thioether (sulfide) groups is 1. The molecule has 16 heavy (non-hydrogen) atoms. The van der Waals surface area contributed by atoms with Crippen molar-refractivity contribution in [3.05, 3.63) is 29.3 Å². The second-order valence-corrected chi connectivity index (χ2v) is 6.05. The molecule has 0 N–H and O–H groups in total. The van der Waals surface area contributed by atoms with E-state index in [1.54, 1.807) is 11.8 Å². The van der Waals surface area contributed by atoms with Gasteiger partial charge in [0.2, 0.25) is 0 Å². The smallest absolute Gasteiger partial charge is 0.0992 e. The Labute approximate surface area is 103 Å². The first-order chi connectivity index (χ1) is 7.46. The van der Waals surface area contributed by atoms with Gasteiger partial charge in [0.25, 0.3) is 0 Å². The van der Waals surface area contributed by atoms with E-state index in [2.05, 4.69) is 39.2 Å². The van der Waals surface area contributed by atoms with Gasteiger partial charge in [-0.3, -0.25) is 0 Å². The maximum Gasteiger partial charge on any atom is 0.0992 e. The van der Waals surface area contributed by atoms with Gasteiger partial charge in [0.1, 0.15) is 0 Å². The fourth-order valence-corrected chi connectivity index (χ4v) is 2.21. The Morgan fingerprint density at radius 1 is 1.31 bits per heavy atom. The largest absolute Gasteiger partial charge is 0.192 e. The summed E-state index contributed by atoms with van der Waals surface area (Å²) in [6, 6.07) is 8.18. The third kappa shape index (κ3) is 3.90. The number of aryl methyl sites for hydroxylation is 1. The van der Waals surface area contributed by atoms with Gasteiger partial charge in [0, 0.05) is 4.90 Å². The zero-order valence-electron chi connectivity index (χ0n) is 10.5. The third-order valence-electron chi connectivity index (χ3n) is 2.56. The Balaban J connectivity index is 2.85. The molecule has 0 fully saturated rings. The van der Waals surface area contributed by atoms with Crippen LogP contribution in [0.4, 0.5) is 0 Å². The summed E-state index contributed by atoms with van der Waals surface area (Å²) < 4.78 is 0. The van der Waals surface area contributed by atoms with Crippen molar-refractivity contribution in [3.63, 3.8) is 0 Å². The van der Waals surface area contributed by atoms with Crippen LogP contribution in [0.15, 0.2) is 23.1 Å². The molecule has 0 atom stereocenters. The van der Waals surface area contributed by atoms with Crippen molar-refractivity contribution in [2.75, 3.05) is 6.26 Å². The van der Waals surface area contributed by atoms with Crippen molar-refractivity contribution in [3.8, 4) is 6.07 Å². The summed E-state index contributed by atoms with van der Waals surface area (Å²) in [6.45, 7) is 6.78. The molecule has 1 aromatic rings. The molecule has 1 aromatic carbocycles. The highest BCUT2D eigenvalue weighted by atomic mass is 32.2. The van der Waals surface area contributed by atoms with Gasteiger partial charge in [0.15, 0.2) is 0 Å². The molecule has 0 aliphatic carbocycles. The normalized spacial score (nSPS) is 11.2. The Morgan fingerprint density at radius 3 is 2.50 bits per heavy atom. The minimum atomic E-state index is 0.365. The maximum atomic E-state index is 8.85. The van der Waals surface area contributed by atoms with E-state index >= 15 is 0 Å². The van der Waals surface area contributed by atoms with Gasteiger partial charge >= 0.3 is 0 Å². The fraction of sp³-hybridized carbons (Fsp3) is 0.500. The summed E-state index contributed by atoms with van der Waals surface area (Å²) in [5, 5.41) is 8.85. The van der Waals surface area contributed by atoms with E-state index in [0.717, 1.165) is 12.0 Å². The van der Waals surface area contributed by atoms with Crippen LogP contribution in [0.2, 0.25) is 0 Å². The van der Waals surface area contributed by atoms with Gasteiger partial charge in [-0.1, -0.05) is 26.8 Å². The first kappa shape index (κ1) is 13.1. The molecule has 0 heterocycles. The molecule has 0 bridgehead atoms.